The number of pyridine rings is 1. The zero-order chi connectivity index (χ0) is 21.8. The third-order valence-electron chi connectivity index (χ3n) is 6.84. The molecule has 2 aromatic heterocycles. The van der Waals surface area contributed by atoms with Crippen LogP contribution in [0.2, 0.25) is 0 Å². The van der Waals surface area contributed by atoms with Crippen molar-refractivity contribution >= 4 is 11.1 Å². The van der Waals surface area contributed by atoms with E-state index in [1.165, 1.54) is 54.6 Å². The highest BCUT2D eigenvalue weighted by Crippen LogP contribution is 2.34. The Morgan fingerprint density at radius 1 is 1.03 bits per heavy atom. The van der Waals surface area contributed by atoms with Gasteiger partial charge in [0.2, 0.25) is 0 Å². The summed E-state index contributed by atoms with van der Waals surface area (Å²) in [5.41, 5.74) is 12.3. The molecule has 0 bridgehead atoms. The lowest BCUT2D eigenvalue weighted by Crippen LogP contribution is -2.31. The maximum Gasteiger partial charge on any atom is 0.119 e. The highest BCUT2D eigenvalue weighted by Gasteiger charge is 2.17. The highest BCUT2D eigenvalue weighted by molar-refractivity contribution is 5.90. The average molecular weight is 431 g/mol. The van der Waals surface area contributed by atoms with Gasteiger partial charge in [-0.05, 0) is 81.0 Å². The van der Waals surface area contributed by atoms with E-state index < -0.39 is 0 Å². The van der Waals surface area contributed by atoms with E-state index in [0.29, 0.717) is 0 Å². The quantitative estimate of drug-likeness (QED) is 0.527. The summed E-state index contributed by atoms with van der Waals surface area (Å²) in [6.45, 7) is 4.41. The second-order valence-electron chi connectivity index (χ2n) is 9.17. The van der Waals surface area contributed by atoms with E-state index in [1.54, 1.807) is 0 Å². The monoisotopic (exact) mass is 430 g/mol. The highest BCUT2D eigenvalue weighted by atomic mass is 16.5. The van der Waals surface area contributed by atoms with Crippen LogP contribution in [0, 0.1) is 0 Å². The Kier molecular flexibility index (Phi) is 6.56. The Morgan fingerprint density at radius 2 is 1.88 bits per heavy atom. The molecule has 0 saturated carbocycles. The Hall–Kier alpha value is -2.63. The molecule has 1 aliphatic heterocycles. The molecule has 32 heavy (non-hydrogen) atoms. The first kappa shape index (κ1) is 21.2. The molecular weight excluding hydrogens is 396 g/mol. The summed E-state index contributed by atoms with van der Waals surface area (Å²) >= 11 is 0. The summed E-state index contributed by atoms with van der Waals surface area (Å²) in [5, 5.41) is 4.62. The van der Waals surface area contributed by atoms with Gasteiger partial charge in [0.1, 0.15) is 5.75 Å². The van der Waals surface area contributed by atoms with E-state index in [4.69, 9.17) is 10.5 Å². The minimum Gasteiger partial charge on any atom is -0.494 e. The fraction of sp³-hybridized carbons (Fsp3) is 0.444. The molecule has 1 aliphatic carbocycles. The van der Waals surface area contributed by atoms with E-state index in [2.05, 4.69) is 52.5 Å². The van der Waals surface area contributed by atoms with Crippen molar-refractivity contribution in [2.75, 3.05) is 26.2 Å². The molecule has 0 amide bonds. The minimum absolute atomic E-state index is 0.287. The molecule has 3 aromatic rings. The molecule has 1 fully saturated rings. The first-order valence-electron chi connectivity index (χ1n) is 12.1. The van der Waals surface area contributed by atoms with Crippen LogP contribution in [-0.4, -0.2) is 46.8 Å². The largest absolute Gasteiger partial charge is 0.494 e. The van der Waals surface area contributed by atoms with Crippen molar-refractivity contribution in [3.05, 3.63) is 60.4 Å². The molecule has 3 heterocycles. The normalized spacial score (nSPS) is 19.8. The number of nitrogens with two attached hydrogens (primary N) is 1. The summed E-state index contributed by atoms with van der Waals surface area (Å²) in [7, 11) is 0. The Bertz CT molecular complexity index is 1060. The standard InChI is InChI=1S/C27H34N4O/c28-23-11-7-21(8-12-23)25-6-4-18-31-27(25)26(20-29-31)22-9-13-24(14-10-22)32-19-5-17-30-15-2-1-3-16-30/h4,6-7,9-10,13-14,18,20,23H,1-3,5,8,11-12,15-17,19,28H2. The van der Waals surface area contributed by atoms with Crippen molar-refractivity contribution in [2.45, 2.75) is 51.0 Å². The number of benzene rings is 1. The summed E-state index contributed by atoms with van der Waals surface area (Å²) < 4.78 is 8.01. The lowest BCUT2D eigenvalue weighted by molar-refractivity contribution is 0.205. The molecule has 1 unspecified atom stereocenters. The van der Waals surface area contributed by atoms with Gasteiger partial charge in [0.05, 0.1) is 18.3 Å². The van der Waals surface area contributed by atoms with Crippen LogP contribution in [0.3, 0.4) is 0 Å². The summed E-state index contributed by atoms with van der Waals surface area (Å²) in [6, 6.07) is 13.0. The summed E-state index contributed by atoms with van der Waals surface area (Å²) in [4.78, 5) is 2.56. The Morgan fingerprint density at radius 3 is 2.66 bits per heavy atom. The number of rotatable bonds is 7. The number of fused-ring (bicyclic) bond motifs is 1. The predicted octanol–water partition coefficient (Wildman–Crippen LogP) is 5.15. The maximum atomic E-state index is 6.11. The number of hydrogen-bond acceptors (Lipinski definition) is 4. The molecule has 2 aliphatic rings. The number of allylic oxidation sites excluding steroid dienone is 1. The van der Waals surface area contributed by atoms with Crippen molar-refractivity contribution in [3.63, 3.8) is 0 Å². The molecule has 2 N–H and O–H groups in total. The van der Waals surface area contributed by atoms with Gasteiger partial charge in [0.25, 0.3) is 0 Å². The lowest BCUT2D eigenvalue weighted by Gasteiger charge is -2.26. The molecule has 1 atom stereocenters. The number of ether oxygens (including phenoxy) is 1. The van der Waals surface area contributed by atoms with Crippen LogP contribution in [0.4, 0.5) is 0 Å². The fourth-order valence-electron chi connectivity index (χ4n) is 5.00. The van der Waals surface area contributed by atoms with Gasteiger partial charge < -0.3 is 15.4 Å². The summed E-state index contributed by atoms with van der Waals surface area (Å²) in [5.74, 6) is 0.938. The van der Waals surface area contributed by atoms with Crippen LogP contribution < -0.4 is 10.5 Å². The molecule has 5 heteroatoms. The SMILES string of the molecule is NC1CC=C(c2cccn3ncc(-c4ccc(OCCCN5CCCCC5)cc4)c23)CC1. The van der Waals surface area contributed by atoms with Gasteiger partial charge in [-0.25, -0.2) is 4.52 Å². The topological polar surface area (TPSA) is 55.8 Å². The number of aromatic nitrogens is 2. The van der Waals surface area contributed by atoms with Gasteiger partial charge in [-0.2, -0.15) is 5.10 Å². The van der Waals surface area contributed by atoms with Gasteiger partial charge in [0.15, 0.2) is 0 Å². The van der Waals surface area contributed by atoms with E-state index in [9.17, 15) is 0 Å². The Balaban J connectivity index is 1.28. The predicted molar refractivity (Wildman–Crippen MR) is 131 cm³/mol. The van der Waals surface area contributed by atoms with Crippen LogP contribution in [0.15, 0.2) is 54.9 Å². The smallest absolute Gasteiger partial charge is 0.119 e. The van der Waals surface area contributed by atoms with Crippen LogP contribution in [0.5, 0.6) is 5.75 Å². The first-order valence-corrected chi connectivity index (χ1v) is 12.1. The van der Waals surface area contributed by atoms with Crippen molar-refractivity contribution in [2.24, 2.45) is 5.73 Å². The molecular formula is C27H34N4O. The van der Waals surface area contributed by atoms with Crippen molar-refractivity contribution in [1.82, 2.24) is 14.5 Å². The van der Waals surface area contributed by atoms with Gasteiger partial charge >= 0.3 is 0 Å². The Labute approximate surface area is 190 Å². The molecule has 168 valence electrons. The fourth-order valence-corrected chi connectivity index (χ4v) is 5.00. The summed E-state index contributed by atoms with van der Waals surface area (Å²) in [6.07, 6.45) is 14.5. The average Bonchev–Trinajstić information content (AvgIpc) is 3.28. The number of hydrogen-bond donors (Lipinski definition) is 1. The van der Waals surface area contributed by atoms with Crippen LogP contribution in [-0.2, 0) is 0 Å². The van der Waals surface area contributed by atoms with Crippen molar-refractivity contribution in [3.8, 4) is 16.9 Å². The maximum absolute atomic E-state index is 6.11. The first-order chi connectivity index (χ1) is 15.8. The van der Waals surface area contributed by atoms with Gasteiger partial charge in [0, 0.05) is 29.9 Å². The second kappa shape index (κ2) is 9.88. The minimum atomic E-state index is 0.287. The van der Waals surface area contributed by atoms with E-state index in [1.807, 2.05) is 16.9 Å². The van der Waals surface area contributed by atoms with Crippen molar-refractivity contribution < 1.29 is 4.74 Å². The third-order valence-corrected chi connectivity index (χ3v) is 6.84. The zero-order valence-electron chi connectivity index (χ0n) is 18.9. The van der Waals surface area contributed by atoms with Crippen LogP contribution >= 0.6 is 0 Å². The second-order valence-corrected chi connectivity index (χ2v) is 9.17. The zero-order valence-corrected chi connectivity index (χ0v) is 18.9. The van der Waals surface area contributed by atoms with E-state index in [-0.39, 0.29) is 6.04 Å². The van der Waals surface area contributed by atoms with Gasteiger partial charge in [-0.3, -0.25) is 0 Å². The van der Waals surface area contributed by atoms with Gasteiger partial charge in [-0.1, -0.05) is 30.7 Å². The van der Waals surface area contributed by atoms with Crippen LogP contribution in [0.25, 0.3) is 22.2 Å². The third kappa shape index (κ3) is 4.74. The van der Waals surface area contributed by atoms with Crippen LogP contribution in [0.1, 0.15) is 50.5 Å². The van der Waals surface area contributed by atoms with E-state index >= 15 is 0 Å². The molecule has 5 rings (SSSR count). The molecule has 0 radical (unpaired) electrons. The van der Waals surface area contributed by atoms with E-state index in [0.717, 1.165) is 50.1 Å². The molecule has 1 saturated heterocycles. The van der Waals surface area contributed by atoms with Gasteiger partial charge in [-0.15, -0.1) is 0 Å². The number of piperidine rings is 1. The number of nitrogens with zero attached hydrogens (tertiary/aromatic N) is 3. The number of likely N-dealkylation sites (tertiary alicyclic amines) is 1. The molecule has 5 nitrogen and oxygen atoms in total. The molecule has 0 spiro atoms. The lowest BCUT2D eigenvalue weighted by atomic mass is 9.90. The van der Waals surface area contributed by atoms with Crippen molar-refractivity contribution in [1.29, 1.82) is 0 Å². The molecule has 1 aromatic carbocycles.